The van der Waals surface area contributed by atoms with E-state index in [2.05, 4.69) is 4.98 Å². The summed E-state index contributed by atoms with van der Waals surface area (Å²) in [5.74, 6) is 0.0126. The molecule has 1 aromatic carbocycles. The third-order valence-corrected chi connectivity index (χ3v) is 6.07. The minimum absolute atomic E-state index is 0.131. The summed E-state index contributed by atoms with van der Waals surface area (Å²) in [6.07, 6.45) is 4.65. The molecule has 0 aliphatic carbocycles. The molecule has 3 rings (SSSR count). The fourth-order valence-corrected chi connectivity index (χ4v) is 4.34. The van der Waals surface area contributed by atoms with Crippen molar-refractivity contribution in [2.24, 2.45) is 0 Å². The van der Waals surface area contributed by atoms with Gasteiger partial charge in [0.1, 0.15) is 0 Å². The molecule has 0 N–H and O–H groups in total. The van der Waals surface area contributed by atoms with Crippen molar-refractivity contribution in [3.8, 4) is 0 Å². The normalized spacial score (nSPS) is 15.6. The summed E-state index contributed by atoms with van der Waals surface area (Å²) in [5, 5.41) is 0. The number of rotatable bonds is 5. The Morgan fingerprint density at radius 3 is 2.72 bits per heavy atom. The van der Waals surface area contributed by atoms with Crippen LogP contribution in [0.5, 0.6) is 0 Å². The molecule has 2 heterocycles. The maximum atomic E-state index is 12.6. The molecule has 0 unspecified atom stereocenters. The van der Waals surface area contributed by atoms with Crippen molar-refractivity contribution in [2.75, 3.05) is 19.3 Å². The Labute approximate surface area is 147 Å². The number of benzene rings is 1. The predicted octanol–water partition coefficient (Wildman–Crippen LogP) is 2.56. The number of hydrogen-bond acceptors (Lipinski definition) is 4. The average Bonchev–Trinajstić information content (AvgIpc) is 2.99. The number of sulfone groups is 1. The Bertz CT molecular complexity index is 905. The fourth-order valence-electron chi connectivity index (χ4n) is 2.84. The molecule has 1 aliphatic heterocycles. The lowest BCUT2D eigenvalue weighted by Gasteiger charge is -2.17. The number of hydrogen-bond donors (Lipinski definition) is 0. The first-order chi connectivity index (χ1) is 12.0. The number of nitrogens with zero attached hydrogens (tertiary/aromatic N) is 2. The molecule has 1 amide bonds. The molecule has 5 nitrogen and oxygen atoms in total. The van der Waals surface area contributed by atoms with Crippen LogP contribution in [0.3, 0.4) is 0 Å². The first-order valence-corrected chi connectivity index (χ1v) is 9.81. The van der Waals surface area contributed by atoms with E-state index in [9.17, 15) is 13.2 Å². The predicted molar refractivity (Wildman–Crippen MR) is 97.7 cm³/mol. The van der Waals surface area contributed by atoms with E-state index < -0.39 is 9.84 Å². The largest absolute Gasteiger partial charge is 0.341 e. The molecule has 0 saturated heterocycles. The van der Waals surface area contributed by atoms with Gasteiger partial charge in [0.2, 0.25) is 0 Å². The molecule has 130 valence electrons. The maximum Gasteiger partial charge on any atom is 0.253 e. The SMILES string of the molecule is CN(CCc1ccccn1)C(=O)c1cccc(C2=CCCS2(=O)=O)c1. The standard InChI is InChI=1S/C19H20N2O3S/c1-21(12-10-17-8-2-3-11-20-17)19(22)16-7-4-6-15(14-16)18-9-5-13-25(18,23)24/h2-4,6-9,11,14H,5,10,12-13H2,1H3. The Hall–Kier alpha value is -2.47. The number of aromatic nitrogens is 1. The highest BCUT2D eigenvalue weighted by Gasteiger charge is 2.24. The van der Waals surface area contributed by atoms with Crippen molar-refractivity contribution in [1.29, 1.82) is 0 Å². The van der Waals surface area contributed by atoms with Gasteiger partial charge in [0.05, 0.1) is 10.7 Å². The molecular formula is C19H20N2O3S. The van der Waals surface area contributed by atoms with Crippen LogP contribution in [0.2, 0.25) is 0 Å². The molecule has 2 aromatic rings. The van der Waals surface area contributed by atoms with E-state index in [-0.39, 0.29) is 11.7 Å². The van der Waals surface area contributed by atoms with Crippen LogP contribution in [0, 0.1) is 0 Å². The first-order valence-electron chi connectivity index (χ1n) is 8.16. The molecule has 1 aliphatic rings. The molecule has 6 heteroatoms. The van der Waals surface area contributed by atoms with Crippen molar-refractivity contribution in [1.82, 2.24) is 9.88 Å². The maximum absolute atomic E-state index is 12.6. The van der Waals surface area contributed by atoms with Gasteiger partial charge in [0.15, 0.2) is 9.84 Å². The highest BCUT2D eigenvalue weighted by atomic mass is 32.2. The second-order valence-electron chi connectivity index (χ2n) is 6.05. The molecule has 0 saturated carbocycles. The summed E-state index contributed by atoms with van der Waals surface area (Å²) in [6, 6.07) is 12.5. The summed E-state index contributed by atoms with van der Waals surface area (Å²) in [5.41, 5.74) is 2.00. The molecule has 0 fully saturated rings. The minimum atomic E-state index is -3.22. The summed E-state index contributed by atoms with van der Waals surface area (Å²) in [7, 11) is -1.48. The van der Waals surface area contributed by atoms with Crippen molar-refractivity contribution >= 4 is 20.6 Å². The van der Waals surface area contributed by atoms with Gasteiger partial charge in [-0.2, -0.15) is 0 Å². The van der Waals surface area contributed by atoms with Crippen molar-refractivity contribution in [3.05, 3.63) is 71.6 Å². The van der Waals surface area contributed by atoms with E-state index in [4.69, 9.17) is 0 Å². The lowest BCUT2D eigenvalue weighted by molar-refractivity contribution is 0.0796. The molecule has 0 atom stereocenters. The summed E-state index contributed by atoms with van der Waals surface area (Å²) >= 11 is 0. The Balaban J connectivity index is 1.73. The van der Waals surface area contributed by atoms with Gasteiger partial charge in [0, 0.05) is 37.5 Å². The van der Waals surface area contributed by atoms with E-state index in [0.29, 0.717) is 35.4 Å². The van der Waals surface area contributed by atoms with Crippen LogP contribution >= 0.6 is 0 Å². The van der Waals surface area contributed by atoms with Gasteiger partial charge >= 0.3 is 0 Å². The van der Waals surface area contributed by atoms with E-state index in [0.717, 1.165) is 5.69 Å². The van der Waals surface area contributed by atoms with Crippen molar-refractivity contribution in [2.45, 2.75) is 12.8 Å². The summed E-state index contributed by atoms with van der Waals surface area (Å²) in [6.45, 7) is 0.543. The fraction of sp³-hybridized carbons (Fsp3) is 0.263. The number of carbonyl (C=O) groups is 1. The highest BCUT2D eigenvalue weighted by molar-refractivity contribution is 8.00. The van der Waals surface area contributed by atoms with Gasteiger partial charge in [-0.25, -0.2) is 8.42 Å². The third-order valence-electron chi connectivity index (χ3n) is 4.22. The monoisotopic (exact) mass is 356 g/mol. The molecular weight excluding hydrogens is 336 g/mol. The molecule has 0 bridgehead atoms. The van der Waals surface area contributed by atoms with Gasteiger partial charge in [0.25, 0.3) is 5.91 Å². The second kappa shape index (κ2) is 7.19. The number of amides is 1. The number of allylic oxidation sites excluding steroid dienone is 1. The Morgan fingerprint density at radius 1 is 1.20 bits per heavy atom. The Morgan fingerprint density at radius 2 is 2.04 bits per heavy atom. The third kappa shape index (κ3) is 3.96. The van der Waals surface area contributed by atoms with Gasteiger partial charge in [-0.15, -0.1) is 0 Å². The summed E-state index contributed by atoms with van der Waals surface area (Å²) in [4.78, 5) is 18.8. The molecule has 0 spiro atoms. The van der Waals surface area contributed by atoms with Gasteiger partial charge in [-0.1, -0.05) is 24.3 Å². The molecule has 1 aromatic heterocycles. The van der Waals surface area contributed by atoms with Crippen molar-refractivity contribution < 1.29 is 13.2 Å². The van der Waals surface area contributed by atoms with E-state index in [1.807, 2.05) is 18.2 Å². The van der Waals surface area contributed by atoms with Crippen LogP contribution in [0.25, 0.3) is 4.91 Å². The zero-order valence-corrected chi connectivity index (χ0v) is 14.9. The van der Waals surface area contributed by atoms with Gasteiger partial charge < -0.3 is 4.90 Å². The van der Waals surface area contributed by atoms with Crippen LogP contribution < -0.4 is 0 Å². The highest BCUT2D eigenvalue weighted by Crippen LogP contribution is 2.28. The lowest BCUT2D eigenvalue weighted by Crippen LogP contribution is -2.29. The van der Waals surface area contributed by atoms with Crippen LogP contribution in [-0.2, 0) is 16.3 Å². The number of carbonyl (C=O) groups excluding carboxylic acids is 1. The number of likely N-dealkylation sites (N-methyl/N-ethyl adjacent to an activating group) is 1. The van der Waals surface area contributed by atoms with Crippen LogP contribution in [0.1, 0.15) is 28.0 Å². The smallest absolute Gasteiger partial charge is 0.253 e. The van der Waals surface area contributed by atoms with E-state index in [1.54, 1.807) is 48.5 Å². The first kappa shape index (κ1) is 17.4. The van der Waals surface area contributed by atoms with Gasteiger partial charge in [-0.3, -0.25) is 9.78 Å². The van der Waals surface area contributed by atoms with Crippen LogP contribution in [-0.4, -0.2) is 43.6 Å². The zero-order valence-electron chi connectivity index (χ0n) is 14.1. The van der Waals surface area contributed by atoms with E-state index in [1.165, 1.54) is 0 Å². The van der Waals surface area contributed by atoms with Gasteiger partial charge in [-0.05, 0) is 36.2 Å². The lowest BCUT2D eigenvalue weighted by atomic mass is 10.1. The quantitative estimate of drug-likeness (QED) is 0.826. The Kier molecular flexibility index (Phi) is 4.99. The zero-order chi connectivity index (χ0) is 17.9. The number of pyridine rings is 1. The van der Waals surface area contributed by atoms with Crippen LogP contribution in [0.4, 0.5) is 0 Å². The topological polar surface area (TPSA) is 67.3 Å². The van der Waals surface area contributed by atoms with Crippen LogP contribution in [0.15, 0.2) is 54.7 Å². The van der Waals surface area contributed by atoms with Crippen molar-refractivity contribution in [3.63, 3.8) is 0 Å². The van der Waals surface area contributed by atoms with E-state index >= 15 is 0 Å². The molecule has 25 heavy (non-hydrogen) atoms. The minimum Gasteiger partial charge on any atom is -0.341 e. The second-order valence-corrected chi connectivity index (χ2v) is 8.13. The molecule has 0 radical (unpaired) electrons. The average molecular weight is 356 g/mol. The summed E-state index contributed by atoms with van der Waals surface area (Å²) < 4.78 is 24.1.